The molecule has 0 bridgehead atoms. The van der Waals surface area contributed by atoms with Crippen LogP contribution in [0.1, 0.15) is 32.4 Å². The van der Waals surface area contributed by atoms with Crippen LogP contribution in [-0.4, -0.2) is 55.1 Å². The molecule has 0 amide bonds. The van der Waals surface area contributed by atoms with Crippen LogP contribution in [0.5, 0.6) is 0 Å². The molecule has 2 rings (SSSR count). The summed E-state index contributed by atoms with van der Waals surface area (Å²) in [5.74, 6) is 0. The van der Waals surface area contributed by atoms with Gasteiger partial charge < -0.3 is 10.2 Å². The summed E-state index contributed by atoms with van der Waals surface area (Å²) < 4.78 is 1.15. The van der Waals surface area contributed by atoms with E-state index in [2.05, 4.69) is 83.1 Å². The molecule has 0 spiro atoms. The maximum atomic E-state index is 3.70. The number of rotatable bonds is 5. The van der Waals surface area contributed by atoms with Gasteiger partial charge in [0.2, 0.25) is 0 Å². The molecule has 1 heterocycles. The van der Waals surface area contributed by atoms with E-state index in [0.717, 1.165) is 24.1 Å². The molecule has 118 valence electrons. The zero-order valence-corrected chi connectivity index (χ0v) is 15.3. The fourth-order valence-corrected chi connectivity index (χ4v) is 3.24. The van der Waals surface area contributed by atoms with Crippen LogP contribution in [0, 0.1) is 0 Å². The quantitative estimate of drug-likeness (QED) is 0.877. The SMILES string of the molecule is CC(NCC(C)(C)N1CCN(C)CC1)c1cccc(Br)c1. The second-order valence-electron chi connectivity index (χ2n) is 6.76. The van der Waals surface area contributed by atoms with Gasteiger partial charge in [0.1, 0.15) is 0 Å². The van der Waals surface area contributed by atoms with Crippen molar-refractivity contribution in [2.24, 2.45) is 0 Å². The normalized spacial score (nSPS) is 19.7. The van der Waals surface area contributed by atoms with E-state index in [1.165, 1.54) is 18.7 Å². The maximum absolute atomic E-state index is 3.70. The van der Waals surface area contributed by atoms with Crippen LogP contribution in [0.3, 0.4) is 0 Å². The lowest BCUT2D eigenvalue weighted by molar-refractivity contribution is 0.0605. The number of likely N-dealkylation sites (N-methyl/N-ethyl adjacent to an activating group) is 1. The van der Waals surface area contributed by atoms with Gasteiger partial charge in [-0.15, -0.1) is 0 Å². The van der Waals surface area contributed by atoms with Gasteiger partial charge in [-0.25, -0.2) is 0 Å². The number of piperazine rings is 1. The highest BCUT2D eigenvalue weighted by atomic mass is 79.9. The molecule has 21 heavy (non-hydrogen) atoms. The highest BCUT2D eigenvalue weighted by Gasteiger charge is 2.29. The Balaban J connectivity index is 1.89. The molecule has 1 atom stereocenters. The summed E-state index contributed by atoms with van der Waals surface area (Å²) in [6, 6.07) is 8.92. The Morgan fingerprint density at radius 2 is 1.90 bits per heavy atom. The molecule has 1 aliphatic heterocycles. The largest absolute Gasteiger partial charge is 0.308 e. The molecule has 3 nitrogen and oxygen atoms in total. The molecule has 1 aliphatic rings. The van der Waals surface area contributed by atoms with Gasteiger partial charge in [-0.3, -0.25) is 4.90 Å². The van der Waals surface area contributed by atoms with E-state index in [4.69, 9.17) is 0 Å². The zero-order chi connectivity index (χ0) is 15.5. The number of halogens is 1. The van der Waals surface area contributed by atoms with Gasteiger partial charge in [-0.1, -0.05) is 28.1 Å². The monoisotopic (exact) mass is 353 g/mol. The summed E-state index contributed by atoms with van der Waals surface area (Å²) in [6.45, 7) is 12.6. The summed E-state index contributed by atoms with van der Waals surface area (Å²) in [4.78, 5) is 5.01. The Hall–Kier alpha value is -0.420. The second kappa shape index (κ2) is 7.23. The van der Waals surface area contributed by atoms with Crippen molar-refractivity contribution in [3.8, 4) is 0 Å². The third-order valence-corrected chi connectivity index (χ3v) is 5.04. The Bertz CT molecular complexity index is 453. The van der Waals surface area contributed by atoms with E-state index in [1.807, 2.05) is 0 Å². The molecule has 0 aromatic heterocycles. The first kappa shape index (κ1) is 16.9. The second-order valence-corrected chi connectivity index (χ2v) is 7.68. The van der Waals surface area contributed by atoms with Crippen LogP contribution in [0.25, 0.3) is 0 Å². The van der Waals surface area contributed by atoms with Gasteiger partial charge >= 0.3 is 0 Å². The molecule has 1 aromatic rings. The summed E-state index contributed by atoms with van der Waals surface area (Å²) in [7, 11) is 2.21. The van der Waals surface area contributed by atoms with Crippen LogP contribution >= 0.6 is 15.9 Å². The first-order valence-corrected chi connectivity index (χ1v) is 8.60. The molecule has 1 fully saturated rings. The van der Waals surface area contributed by atoms with Gasteiger partial charge in [-0.05, 0) is 45.5 Å². The average molecular weight is 354 g/mol. The lowest BCUT2D eigenvalue weighted by Gasteiger charge is -2.44. The minimum Gasteiger partial charge on any atom is -0.308 e. The summed E-state index contributed by atoms with van der Waals surface area (Å²) in [6.07, 6.45) is 0. The van der Waals surface area contributed by atoms with Crippen LogP contribution in [0.15, 0.2) is 28.7 Å². The highest BCUT2D eigenvalue weighted by Crippen LogP contribution is 2.20. The number of nitrogens with one attached hydrogen (secondary N) is 1. The van der Waals surface area contributed by atoms with E-state index in [0.29, 0.717) is 6.04 Å². The van der Waals surface area contributed by atoms with Crippen LogP contribution in [-0.2, 0) is 0 Å². The standard InChI is InChI=1S/C17H28BrN3/c1-14(15-6-5-7-16(18)12-15)19-13-17(2,3)21-10-8-20(4)9-11-21/h5-7,12,14,19H,8-11,13H2,1-4H3. The number of benzene rings is 1. The Morgan fingerprint density at radius 3 is 2.52 bits per heavy atom. The summed E-state index contributed by atoms with van der Waals surface area (Å²) in [5.41, 5.74) is 1.53. The number of nitrogens with zero attached hydrogens (tertiary/aromatic N) is 2. The van der Waals surface area contributed by atoms with Crippen molar-refractivity contribution in [2.45, 2.75) is 32.4 Å². The van der Waals surface area contributed by atoms with Gasteiger partial charge in [0.15, 0.2) is 0 Å². The molecule has 1 N–H and O–H groups in total. The molecule has 1 saturated heterocycles. The third-order valence-electron chi connectivity index (χ3n) is 4.55. The molecule has 0 radical (unpaired) electrons. The molecule has 1 aromatic carbocycles. The van der Waals surface area contributed by atoms with Crippen molar-refractivity contribution in [3.05, 3.63) is 34.3 Å². The van der Waals surface area contributed by atoms with Crippen molar-refractivity contribution in [3.63, 3.8) is 0 Å². The maximum Gasteiger partial charge on any atom is 0.0292 e. The topological polar surface area (TPSA) is 18.5 Å². The first-order valence-electron chi connectivity index (χ1n) is 7.81. The molecular formula is C17H28BrN3. The predicted octanol–water partition coefficient (Wildman–Crippen LogP) is 3.13. The van der Waals surface area contributed by atoms with E-state index in [9.17, 15) is 0 Å². The lowest BCUT2D eigenvalue weighted by atomic mass is 10.00. The minimum absolute atomic E-state index is 0.196. The molecule has 0 aliphatic carbocycles. The summed E-state index contributed by atoms with van der Waals surface area (Å²) >= 11 is 3.55. The van der Waals surface area contributed by atoms with Crippen LogP contribution < -0.4 is 5.32 Å². The summed E-state index contributed by atoms with van der Waals surface area (Å²) in [5, 5.41) is 3.70. The van der Waals surface area contributed by atoms with Gasteiger partial charge in [0.25, 0.3) is 0 Å². The Labute approximate surface area is 137 Å². The molecular weight excluding hydrogens is 326 g/mol. The van der Waals surface area contributed by atoms with E-state index in [1.54, 1.807) is 0 Å². The molecule has 4 heteroatoms. The van der Waals surface area contributed by atoms with Crippen molar-refractivity contribution in [2.75, 3.05) is 39.8 Å². The fourth-order valence-electron chi connectivity index (χ4n) is 2.82. The van der Waals surface area contributed by atoms with Crippen LogP contribution in [0.2, 0.25) is 0 Å². The lowest BCUT2D eigenvalue weighted by Crippen LogP contribution is -2.57. The molecule has 0 saturated carbocycles. The predicted molar refractivity (Wildman–Crippen MR) is 93.7 cm³/mol. The van der Waals surface area contributed by atoms with Crippen molar-refractivity contribution in [1.29, 1.82) is 0 Å². The highest BCUT2D eigenvalue weighted by molar-refractivity contribution is 9.10. The van der Waals surface area contributed by atoms with Crippen molar-refractivity contribution in [1.82, 2.24) is 15.1 Å². The van der Waals surface area contributed by atoms with E-state index < -0.39 is 0 Å². The minimum atomic E-state index is 0.196. The van der Waals surface area contributed by atoms with E-state index >= 15 is 0 Å². The van der Waals surface area contributed by atoms with Crippen molar-refractivity contribution < 1.29 is 0 Å². The van der Waals surface area contributed by atoms with Gasteiger partial charge in [0, 0.05) is 48.8 Å². The van der Waals surface area contributed by atoms with Gasteiger partial charge in [0.05, 0.1) is 0 Å². The van der Waals surface area contributed by atoms with Crippen molar-refractivity contribution >= 4 is 15.9 Å². The average Bonchev–Trinajstić information content (AvgIpc) is 2.45. The third kappa shape index (κ3) is 4.78. The zero-order valence-electron chi connectivity index (χ0n) is 13.7. The first-order chi connectivity index (χ1) is 9.88. The molecule has 1 unspecified atom stereocenters. The Kier molecular flexibility index (Phi) is 5.83. The Morgan fingerprint density at radius 1 is 1.24 bits per heavy atom. The van der Waals surface area contributed by atoms with Gasteiger partial charge in [-0.2, -0.15) is 0 Å². The number of hydrogen-bond donors (Lipinski definition) is 1. The number of hydrogen-bond acceptors (Lipinski definition) is 3. The smallest absolute Gasteiger partial charge is 0.0292 e. The fraction of sp³-hybridized carbons (Fsp3) is 0.647. The van der Waals surface area contributed by atoms with E-state index in [-0.39, 0.29) is 5.54 Å². The van der Waals surface area contributed by atoms with Crippen LogP contribution in [0.4, 0.5) is 0 Å².